The highest BCUT2D eigenvalue weighted by Crippen LogP contribution is 2.19. The summed E-state index contributed by atoms with van der Waals surface area (Å²) in [5, 5.41) is 0. The van der Waals surface area contributed by atoms with Gasteiger partial charge in [-0.1, -0.05) is 42.5 Å². The first-order valence-electron chi connectivity index (χ1n) is 9.00. The molecule has 2 rings (SSSR count). The van der Waals surface area contributed by atoms with Crippen LogP contribution >= 0.6 is 0 Å². The van der Waals surface area contributed by atoms with E-state index in [2.05, 4.69) is 0 Å². The van der Waals surface area contributed by atoms with E-state index in [9.17, 15) is 9.59 Å². The molecule has 0 spiro atoms. The van der Waals surface area contributed by atoms with Crippen LogP contribution in [0, 0.1) is 5.92 Å². The molecule has 0 aliphatic rings. The van der Waals surface area contributed by atoms with Crippen molar-refractivity contribution in [3.63, 3.8) is 0 Å². The highest BCUT2D eigenvalue weighted by Gasteiger charge is 2.24. The molecule has 0 fully saturated rings. The number of ether oxygens (including phenoxy) is 2. The fourth-order valence-corrected chi connectivity index (χ4v) is 2.60. The number of rotatable bonds is 8. The van der Waals surface area contributed by atoms with Gasteiger partial charge in [0.05, 0.1) is 12.3 Å². The molecule has 2 aromatic rings. The summed E-state index contributed by atoms with van der Waals surface area (Å²) in [6.07, 6.45) is 0.354. The summed E-state index contributed by atoms with van der Waals surface area (Å²) in [6.45, 7) is 5.86. The van der Waals surface area contributed by atoms with Gasteiger partial charge in [-0.25, -0.2) is 0 Å². The third-order valence-electron chi connectivity index (χ3n) is 3.89. The van der Waals surface area contributed by atoms with Crippen molar-refractivity contribution >= 4 is 11.9 Å². The Morgan fingerprint density at radius 3 is 2.15 bits per heavy atom. The lowest BCUT2D eigenvalue weighted by Gasteiger charge is -2.21. The summed E-state index contributed by atoms with van der Waals surface area (Å²) in [6, 6.07) is 17.4. The standard InChI is InChI=1S/C22H27NO4/c1-22(2,3)27-20(24)14-18(21(23)25)13-16-9-11-19(12-10-16)26-15-17-7-5-4-6-8-17/h4-12,18H,13-15H2,1-3H3,(H2,23,25)/t18-/m1/s1. The van der Waals surface area contributed by atoms with Crippen LogP contribution < -0.4 is 10.5 Å². The van der Waals surface area contributed by atoms with E-state index in [4.69, 9.17) is 15.2 Å². The van der Waals surface area contributed by atoms with Gasteiger partial charge in [-0.15, -0.1) is 0 Å². The van der Waals surface area contributed by atoms with Crippen molar-refractivity contribution in [1.29, 1.82) is 0 Å². The van der Waals surface area contributed by atoms with Crippen LogP contribution in [0.15, 0.2) is 54.6 Å². The van der Waals surface area contributed by atoms with Crippen molar-refractivity contribution in [2.45, 2.75) is 45.8 Å². The van der Waals surface area contributed by atoms with Crippen LogP contribution in [0.1, 0.15) is 38.3 Å². The van der Waals surface area contributed by atoms with Crippen LogP contribution in [-0.2, 0) is 27.4 Å². The maximum Gasteiger partial charge on any atom is 0.307 e. The van der Waals surface area contributed by atoms with Gasteiger partial charge in [0, 0.05) is 0 Å². The number of benzene rings is 2. The van der Waals surface area contributed by atoms with Crippen molar-refractivity contribution in [3.8, 4) is 5.75 Å². The minimum absolute atomic E-state index is 0.0289. The molecule has 1 amide bonds. The molecule has 0 aliphatic carbocycles. The fraction of sp³-hybridized carbons (Fsp3) is 0.364. The molecule has 0 saturated carbocycles. The molecule has 144 valence electrons. The number of amides is 1. The Labute approximate surface area is 160 Å². The number of primary amides is 1. The summed E-state index contributed by atoms with van der Waals surface area (Å²) >= 11 is 0. The fourth-order valence-electron chi connectivity index (χ4n) is 2.60. The predicted octanol–water partition coefficient (Wildman–Crippen LogP) is 3.64. The van der Waals surface area contributed by atoms with E-state index in [0.717, 1.165) is 16.9 Å². The Bertz CT molecular complexity index is 748. The Balaban J connectivity index is 1.92. The minimum Gasteiger partial charge on any atom is -0.489 e. The number of hydrogen-bond acceptors (Lipinski definition) is 4. The monoisotopic (exact) mass is 369 g/mol. The second kappa shape index (κ2) is 9.21. The Kier molecular flexibility index (Phi) is 6.99. The largest absolute Gasteiger partial charge is 0.489 e. The molecule has 0 bridgehead atoms. The lowest BCUT2D eigenvalue weighted by molar-refractivity contribution is -0.157. The summed E-state index contributed by atoms with van der Waals surface area (Å²) in [7, 11) is 0. The van der Waals surface area contributed by atoms with Crippen molar-refractivity contribution in [1.82, 2.24) is 0 Å². The molecule has 0 aliphatic heterocycles. The first kappa shape index (κ1) is 20.5. The van der Waals surface area contributed by atoms with Crippen LogP contribution in [-0.4, -0.2) is 17.5 Å². The average Bonchev–Trinajstić information content (AvgIpc) is 2.60. The maximum atomic E-state index is 12.0. The topological polar surface area (TPSA) is 78.6 Å². The van der Waals surface area contributed by atoms with Gasteiger partial charge < -0.3 is 15.2 Å². The van der Waals surface area contributed by atoms with Gasteiger partial charge in [0.25, 0.3) is 0 Å². The molecule has 0 radical (unpaired) electrons. The number of esters is 1. The van der Waals surface area contributed by atoms with Gasteiger partial charge in [-0.2, -0.15) is 0 Å². The molecule has 2 aromatic carbocycles. The number of carbonyl (C=O) groups excluding carboxylic acids is 2. The molecule has 1 atom stereocenters. The van der Waals surface area contributed by atoms with Crippen molar-refractivity contribution in [2.75, 3.05) is 0 Å². The van der Waals surface area contributed by atoms with Gasteiger partial charge in [0.15, 0.2) is 0 Å². The summed E-state index contributed by atoms with van der Waals surface area (Å²) in [5.74, 6) is -0.791. The zero-order valence-electron chi connectivity index (χ0n) is 16.1. The summed E-state index contributed by atoms with van der Waals surface area (Å²) < 4.78 is 11.0. The molecule has 0 heterocycles. The van der Waals surface area contributed by atoms with Crippen molar-refractivity contribution < 1.29 is 19.1 Å². The molecule has 27 heavy (non-hydrogen) atoms. The smallest absolute Gasteiger partial charge is 0.307 e. The molecule has 5 heteroatoms. The van der Waals surface area contributed by atoms with E-state index in [1.54, 1.807) is 20.8 Å². The van der Waals surface area contributed by atoms with Crippen LogP contribution in [0.4, 0.5) is 0 Å². The van der Waals surface area contributed by atoms with Crippen LogP contribution in [0.5, 0.6) is 5.75 Å². The molecule has 0 unspecified atom stereocenters. The SMILES string of the molecule is CC(C)(C)OC(=O)C[C@@H](Cc1ccc(OCc2ccccc2)cc1)C(N)=O. The molecule has 5 nitrogen and oxygen atoms in total. The predicted molar refractivity (Wildman–Crippen MR) is 104 cm³/mol. The van der Waals surface area contributed by atoms with E-state index in [0.29, 0.717) is 13.0 Å². The Morgan fingerprint density at radius 2 is 1.59 bits per heavy atom. The molecule has 0 saturated heterocycles. The van der Waals surface area contributed by atoms with Crippen LogP contribution in [0.3, 0.4) is 0 Å². The van der Waals surface area contributed by atoms with Crippen molar-refractivity contribution in [2.24, 2.45) is 11.7 Å². The minimum atomic E-state index is -0.601. The first-order valence-corrected chi connectivity index (χ1v) is 9.00. The van der Waals surface area contributed by atoms with Crippen LogP contribution in [0.2, 0.25) is 0 Å². The quantitative estimate of drug-likeness (QED) is 0.721. The van der Waals surface area contributed by atoms with E-state index in [1.807, 2.05) is 54.6 Å². The lowest BCUT2D eigenvalue weighted by Crippen LogP contribution is -2.31. The van der Waals surface area contributed by atoms with Crippen molar-refractivity contribution in [3.05, 3.63) is 65.7 Å². The lowest BCUT2D eigenvalue weighted by atomic mass is 9.95. The van der Waals surface area contributed by atoms with Gasteiger partial charge >= 0.3 is 5.97 Å². The first-order chi connectivity index (χ1) is 12.7. The second-order valence-electron chi connectivity index (χ2n) is 7.51. The van der Waals surface area contributed by atoms with Gasteiger partial charge in [0.2, 0.25) is 5.91 Å². The average molecular weight is 369 g/mol. The number of hydrogen-bond donors (Lipinski definition) is 1. The summed E-state index contributed by atoms with van der Waals surface area (Å²) in [4.78, 5) is 23.7. The Morgan fingerprint density at radius 1 is 0.963 bits per heavy atom. The third kappa shape index (κ3) is 7.52. The van der Waals surface area contributed by atoms with Gasteiger partial charge in [0.1, 0.15) is 18.0 Å². The normalized spacial score (nSPS) is 12.3. The Hall–Kier alpha value is -2.82. The second-order valence-corrected chi connectivity index (χ2v) is 7.51. The third-order valence-corrected chi connectivity index (χ3v) is 3.89. The maximum absolute atomic E-state index is 12.0. The zero-order chi connectivity index (χ0) is 19.9. The van der Waals surface area contributed by atoms with E-state index in [1.165, 1.54) is 0 Å². The molecule has 0 aromatic heterocycles. The highest BCUT2D eigenvalue weighted by atomic mass is 16.6. The zero-order valence-corrected chi connectivity index (χ0v) is 16.1. The van der Waals surface area contributed by atoms with Gasteiger partial charge in [-0.05, 0) is 50.5 Å². The van der Waals surface area contributed by atoms with Crippen LogP contribution in [0.25, 0.3) is 0 Å². The molecule has 2 N–H and O–H groups in total. The number of nitrogens with two attached hydrogens (primary N) is 1. The summed E-state index contributed by atoms with van der Waals surface area (Å²) in [5.41, 5.74) is 6.88. The highest BCUT2D eigenvalue weighted by molar-refractivity contribution is 5.82. The van der Waals surface area contributed by atoms with E-state index < -0.39 is 23.4 Å². The van der Waals surface area contributed by atoms with E-state index >= 15 is 0 Å². The molecular weight excluding hydrogens is 342 g/mol. The number of carbonyl (C=O) groups is 2. The van der Waals surface area contributed by atoms with E-state index in [-0.39, 0.29) is 6.42 Å². The molecular formula is C22H27NO4. The van der Waals surface area contributed by atoms with Gasteiger partial charge in [-0.3, -0.25) is 9.59 Å².